The highest BCUT2D eigenvalue weighted by molar-refractivity contribution is 8.13. The minimum atomic E-state index is -3.44. The van der Waals surface area contributed by atoms with Gasteiger partial charge < -0.3 is 15.1 Å². The third-order valence-corrected chi connectivity index (χ3v) is 7.89. The molecule has 3 rings (SSSR count). The average molecular weight is 510 g/mol. The summed E-state index contributed by atoms with van der Waals surface area (Å²) in [5, 5.41) is 19.5. The molecule has 0 saturated carbocycles. The Morgan fingerprint density at radius 1 is 1.29 bits per heavy atom. The first kappa shape index (κ1) is 26.4. The maximum atomic E-state index is 14.6. The fourth-order valence-corrected chi connectivity index (χ4v) is 6.01. The quantitative estimate of drug-likeness (QED) is 0.376. The van der Waals surface area contributed by atoms with Crippen molar-refractivity contribution in [2.75, 3.05) is 12.3 Å². The van der Waals surface area contributed by atoms with E-state index in [9.17, 15) is 28.6 Å². The highest BCUT2D eigenvalue weighted by Crippen LogP contribution is 2.33. The van der Waals surface area contributed by atoms with Crippen LogP contribution in [0.3, 0.4) is 0 Å². The van der Waals surface area contributed by atoms with E-state index in [4.69, 9.17) is 0 Å². The molecule has 2 aromatic rings. The molecule has 34 heavy (non-hydrogen) atoms. The topological polar surface area (TPSA) is 77.8 Å². The molecule has 1 saturated heterocycles. The monoisotopic (exact) mass is 509 g/mol. The second kappa shape index (κ2) is 11.5. The molecule has 0 spiro atoms. The van der Waals surface area contributed by atoms with E-state index in [-0.39, 0.29) is 22.8 Å². The third kappa shape index (κ3) is 6.25. The van der Waals surface area contributed by atoms with Crippen molar-refractivity contribution in [3.8, 4) is 0 Å². The lowest BCUT2D eigenvalue weighted by Crippen LogP contribution is -2.42. The number of carbonyl (C=O) groups is 2. The molecule has 0 aliphatic carbocycles. The molecular formula is C25H29F2NO4S2. The Kier molecular flexibility index (Phi) is 8.89. The Morgan fingerprint density at radius 2 is 2.00 bits per heavy atom. The zero-order valence-corrected chi connectivity index (χ0v) is 20.7. The van der Waals surface area contributed by atoms with Crippen LogP contribution >= 0.6 is 23.1 Å². The van der Waals surface area contributed by atoms with Crippen LogP contribution in [0.1, 0.15) is 58.3 Å². The van der Waals surface area contributed by atoms with Crippen LogP contribution in [0.2, 0.25) is 0 Å². The van der Waals surface area contributed by atoms with Gasteiger partial charge in [0.15, 0.2) is 0 Å². The van der Waals surface area contributed by atoms with E-state index in [0.29, 0.717) is 36.4 Å². The lowest BCUT2D eigenvalue weighted by molar-refractivity contribution is -0.0929. The molecule has 0 radical (unpaired) electrons. The number of aryl methyl sites for hydroxylation is 1. The van der Waals surface area contributed by atoms with Gasteiger partial charge in [0.05, 0.1) is 6.04 Å². The van der Waals surface area contributed by atoms with Gasteiger partial charge in [0.1, 0.15) is 11.0 Å². The van der Waals surface area contributed by atoms with Crippen LogP contribution in [0, 0.1) is 0 Å². The van der Waals surface area contributed by atoms with Gasteiger partial charge in [-0.25, -0.2) is 4.79 Å². The molecule has 2 atom stereocenters. The normalized spacial score (nSPS) is 18.1. The predicted octanol–water partition coefficient (Wildman–Crippen LogP) is 6.14. The number of aliphatic hydroxyl groups excluding tert-OH is 1. The third-order valence-electron chi connectivity index (χ3n) is 5.77. The first-order chi connectivity index (χ1) is 16.1. The van der Waals surface area contributed by atoms with Gasteiger partial charge in [0, 0.05) is 22.7 Å². The zero-order chi connectivity index (χ0) is 24.9. The number of carboxylic acid groups (broad SMARTS) is 1. The van der Waals surface area contributed by atoms with Crippen LogP contribution in [0.4, 0.5) is 13.6 Å². The number of carboxylic acids is 1. The number of hydrogen-bond donors (Lipinski definition) is 2. The molecule has 184 valence electrons. The van der Waals surface area contributed by atoms with Gasteiger partial charge in [-0.15, -0.1) is 11.3 Å². The van der Waals surface area contributed by atoms with E-state index in [2.05, 4.69) is 0 Å². The van der Waals surface area contributed by atoms with Crippen LogP contribution in [-0.2, 0) is 12.3 Å². The van der Waals surface area contributed by atoms with E-state index >= 15 is 0 Å². The van der Waals surface area contributed by atoms with Gasteiger partial charge >= 0.3 is 11.9 Å². The number of amides is 1. The fraction of sp³-hybridized carbons (Fsp3) is 0.440. The summed E-state index contributed by atoms with van der Waals surface area (Å²) in [4.78, 5) is 27.0. The molecular weight excluding hydrogens is 480 g/mol. The fourth-order valence-electron chi connectivity index (χ4n) is 3.89. The molecule has 5 nitrogen and oxygen atoms in total. The largest absolute Gasteiger partial charge is 0.477 e. The standard InChI is InChI=1S/C25H29F2NO4S2/c1-16(2)20-15-19(34-22(20)23(30)31)9-6-13-28-18(12-14-33-24(28)32)10-11-21(29)25(26,27)17-7-4-3-5-8-17/h3-5,7-8,10-11,15-16,18,21,29H,6,9,12-14H2,1-2H3,(H,30,31)/b11-10+/t18-,21+/m0/s1. The van der Waals surface area contributed by atoms with Crippen molar-refractivity contribution >= 4 is 34.3 Å². The van der Waals surface area contributed by atoms with E-state index in [1.807, 2.05) is 19.9 Å². The Labute approximate surface area is 206 Å². The summed E-state index contributed by atoms with van der Waals surface area (Å²) >= 11 is 2.45. The van der Waals surface area contributed by atoms with Crippen LogP contribution in [-0.4, -0.2) is 50.8 Å². The molecule has 1 aliphatic rings. The summed E-state index contributed by atoms with van der Waals surface area (Å²) in [6.07, 6.45) is 2.44. The maximum Gasteiger partial charge on any atom is 0.346 e. The zero-order valence-electron chi connectivity index (χ0n) is 19.1. The number of rotatable bonds is 10. The second-order valence-corrected chi connectivity index (χ2v) is 10.7. The Balaban J connectivity index is 1.65. The Hall–Kier alpha value is -2.23. The summed E-state index contributed by atoms with van der Waals surface area (Å²) in [5.41, 5.74) is 0.544. The van der Waals surface area contributed by atoms with Crippen LogP contribution in [0.25, 0.3) is 0 Å². The van der Waals surface area contributed by atoms with Crippen molar-refractivity contribution in [2.45, 2.75) is 57.1 Å². The van der Waals surface area contributed by atoms with Gasteiger partial charge in [-0.3, -0.25) is 4.79 Å². The number of aliphatic hydroxyl groups is 1. The highest BCUT2D eigenvalue weighted by Gasteiger charge is 2.39. The first-order valence-corrected chi connectivity index (χ1v) is 13.0. The average Bonchev–Trinajstić information content (AvgIpc) is 3.24. The molecule has 1 fully saturated rings. The number of aromatic carboxylic acids is 1. The summed E-state index contributed by atoms with van der Waals surface area (Å²) in [6.45, 7) is 4.33. The number of benzene rings is 1. The van der Waals surface area contributed by atoms with Crippen LogP contribution in [0.5, 0.6) is 0 Å². The van der Waals surface area contributed by atoms with Gasteiger partial charge in [-0.1, -0.05) is 68.1 Å². The van der Waals surface area contributed by atoms with Crippen molar-refractivity contribution in [1.82, 2.24) is 4.90 Å². The van der Waals surface area contributed by atoms with Gasteiger partial charge in [-0.2, -0.15) is 8.78 Å². The molecule has 1 amide bonds. The minimum Gasteiger partial charge on any atom is -0.477 e. The number of thiophene rings is 1. The smallest absolute Gasteiger partial charge is 0.346 e. The van der Waals surface area contributed by atoms with Crippen LogP contribution < -0.4 is 0 Å². The van der Waals surface area contributed by atoms with E-state index in [1.54, 1.807) is 11.0 Å². The molecule has 1 aromatic heterocycles. The number of halogens is 2. The number of carbonyl (C=O) groups excluding carboxylic acids is 1. The molecule has 1 aliphatic heterocycles. The summed E-state index contributed by atoms with van der Waals surface area (Å²) in [7, 11) is 0. The van der Waals surface area contributed by atoms with E-state index in [1.165, 1.54) is 53.4 Å². The molecule has 2 N–H and O–H groups in total. The van der Waals surface area contributed by atoms with Crippen molar-refractivity contribution in [2.24, 2.45) is 0 Å². The SMILES string of the molecule is CC(C)c1cc(CCCN2C(=O)SCC[C@@H]2/C=C/[C@@H](O)C(F)(F)c2ccccc2)sc1C(=O)O. The Bertz CT molecular complexity index is 1020. The number of hydrogen-bond acceptors (Lipinski definition) is 5. The number of alkyl halides is 2. The van der Waals surface area contributed by atoms with Gasteiger partial charge in [0.25, 0.3) is 5.24 Å². The van der Waals surface area contributed by atoms with Gasteiger partial charge in [-0.05, 0) is 36.8 Å². The lowest BCUT2D eigenvalue weighted by atomic mass is 10.0. The van der Waals surface area contributed by atoms with Crippen molar-refractivity contribution < 1.29 is 28.6 Å². The molecule has 1 aromatic carbocycles. The predicted molar refractivity (Wildman–Crippen MR) is 132 cm³/mol. The van der Waals surface area contributed by atoms with Gasteiger partial charge in [0.2, 0.25) is 0 Å². The van der Waals surface area contributed by atoms with Crippen molar-refractivity contribution in [3.63, 3.8) is 0 Å². The molecule has 2 heterocycles. The van der Waals surface area contributed by atoms with Crippen molar-refractivity contribution in [3.05, 3.63) is 69.4 Å². The van der Waals surface area contributed by atoms with Crippen molar-refractivity contribution in [1.29, 1.82) is 0 Å². The number of nitrogens with zero attached hydrogens (tertiary/aromatic N) is 1. The van der Waals surface area contributed by atoms with E-state index in [0.717, 1.165) is 16.5 Å². The molecule has 0 unspecified atom stereocenters. The second-order valence-electron chi connectivity index (χ2n) is 8.54. The number of thioether (sulfide) groups is 1. The maximum absolute atomic E-state index is 14.6. The van der Waals surface area contributed by atoms with Crippen LogP contribution in [0.15, 0.2) is 48.6 Å². The molecule has 9 heteroatoms. The highest BCUT2D eigenvalue weighted by atomic mass is 32.2. The lowest BCUT2D eigenvalue weighted by Gasteiger charge is -2.33. The summed E-state index contributed by atoms with van der Waals surface area (Å²) < 4.78 is 29.2. The minimum absolute atomic E-state index is 0.103. The first-order valence-electron chi connectivity index (χ1n) is 11.2. The Morgan fingerprint density at radius 3 is 2.62 bits per heavy atom. The molecule has 0 bridgehead atoms. The summed E-state index contributed by atoms with van der Waals surface area (Å²) in [6, 6.07) is 8.72. The van der Waals surface area contributed by atoms with E-state index < -0.39 is 18.0 Å². The summed E-state index contributed by atoms with van der Waals surface area (Å²) in [5.74, 6) is -3.68.